The van der Waals surface area contributed by atoms with Gasteiger partial charge in [0.05, 0.1) is 16.7 Å². The molecule has 0 radical (unpaired) electrons. The molecule has 3 heterocycles. The Morgan fingerprint density at radius 1 is 1.25 bits per heavy atom. The average molecular weight is 374 g/mol. The van der Waals surface area contributed by atoms with Crippen LogP contribution in [-0.4, -0.2) is 25.2 Å². The molecule has 0 saturated heterocycles. The molecule has 1 fully saturated rings. The predicted octanol–water partition coefficient (Wildman–Crippen LogP) is 4.36. The summed E-state index contributed by atoms with van der Waals surface area (Å²) in [5, 5.41) is 15.6. The zero-order valence-electron chi connectivity index (χ0n) is 16.2. The van der Waals surface area contributed by atoms with E-state index in [9.17, 15) is 5.11 Å². The maximum atomic E-state index is 11.5. The quantitative estimate of drug-likeness (QED) is 0.554. The number of hydrogen-bond acceptors (Lipinski definition) is 5. The van der Waals surface area contributed by atoms with Crippen LogP contribution in [-0.2, 0) is 5.60 Å². The van der Waals surface area contributed by atoms with Crippen LogP contribution in [0.25, 0.3) is 22.2 Å². The number of rotatable bonds is 4. The van der Waals surface area contributed by atoms with E-state index in [1.807, 2.05) is 32.0 Å². The SMILES string of the molecule is Cc1noc(C)c1-c1cc(C(C)(O)c2cccnc2)c2nc(C3CC3)[nH]c2c1. The van der Waals surface area contributed by atoms with E-state index in [4.69, 9.17) is 9.51 Å². The molecule has 4 aromatic rings. The Morgan fingerprint density at radius 3 is 2.71 bits per heavy atom. The number of aromatic amines is 1. The fraction of sp³-hybridized carbons (Fsp3) is 0.318. The first-order valence-electron chi connectivity index (χ1n) is 9.55. The summed E-state index contributed by atoms with van der Waals surface area (Å²) in [7, 11) is 0. The molecule has 3 aromatic heterocycles. The minimum atomic E-state index is -1.24. The van der Waals surface area contributed by atoms with Gasteiger partial charge in [0.1, 0.15) is 17.2 Å². The van der Waals surface area contributed by atoms with Crippen LogP contribution >= 0.6 is 0 Å². The maximum absolute atomic E-state index is 11.5. The number of nitrogens with zero attached hydrogens (tertiary/aromatic N) is 3. The molecule has 2 N–H and O–H groups in total. The van der Waals surface area contributed by atoms with Crippen LogP contribution in [0.4, 0.5) is 0 Å². The van der Waals surface area contributed by atoms with Gasteiger partial charge in [-0.1, -0.05) is 11.2 Å². The number of benzene rings is 1. The van der Waals surface area contributed by atoms with Crippen molar-refractivity contribution in [2.75, 3.05) is 0 Å². The fourth-order valence-corrected chi connectivity index (χ4v) is 3.90. The van der Waals surface area contributed by atoms with Crippen LogP contribution in [0.1, 0.15) is 54.1 Å². The van der Waals surface area contributed by atoms with E-state index in [1.54, 1.807) is 19.3 Å². The van der Waals surface area contributed by atoms with E-state index in [1.165, 1.54) is 0 Å². The maximum Gasteiger partial charge on any atom is 0.141 e. The number of aliphatic hydroxyl groups is 1. The Bertz CT molecular complexity index is 1150. The smallest absolute Gasteiger partial charge is 0.141 e. The number of hydrogen-bond donors (Lipinski definition) is 2. The Morgan fingerprint density at radius 2 is 2.07 bits per heavy atom. The second-order valence-corrected chi connectivity index (χ2v) is 7.83. The van der Waals surface area contributed by atoms with Gasteiger partial charge < -0.3 is 14.6 Å². The lowest BCUT2D eigenvalue weighted by Crippen LogP contribution is -2.23. The van der Waals surface area contributed by atoms with E-state index < -0.39 is 5.60 Å². The van der Waals surface area contributed by atoms with Crippen molar-refractivity contribution in [1.29, 1.82) is 0 Å². The highest BCUT2D eigenvalue weighted by Gasteiger charge is 2.33. The highest BCUT2D eigenvalue weighted by molar-refractivity contribution is 5.87. The molecule has 28 heavy (non-hydrogen) atoms. The molecule has 1 saturated carbocycles. The lowest BCUT2D eigenvalue weighted by atomic mass is 9.86. The molecule has 1 aliphatic rings. The van der Waals surface area contributed by atoms with Crippen LogP contribution < -0.4 is 0 Å². The molecule has 1 aromatic carbocycles. The zero-order chi connectivity index (χ0) is 19.5. The number of imidazole rings is 1. The van der Waals surface area contributed by atoms with Crippen molar-refractivity contribution in [3.8, 4) is 11.1 Å². The minimum absolute atomic E-state index is 0.492. The Balaban J connectivity index is 1.78. The molecule has 142 valence electrons. The Kier molecular flexibility index (Phi) is 3.67. The second kappa shape index (κ2) is 6.01. The topological polar surface area (TPSA) is 87.8 Å². The van der Waals surface area contributed by atoms with Crippen LogP contribution in [0.15, 0.2) is 41.2 Å². The summed E-state index contributed by atoms with van der Waals surface area (Å²) in [6.45, 7) is 5.62. The number of pyridine rings is 1. The summed E-state index contributed by atoms with van der Waals surface area (Å²) in [4.78, 5) is 12.5. The monoisotopic (exact) mass is 374 g/mol. The van der Waals surface area contributed by atoms with Crippen molar-refractivity contribution in [3.63, 3.8) is 0 Å². The minimum Gasteiger partial charge on any atom is -0.381 e. The largest absolute Gasteiger partial charge is 0.381 e. The van der Waals surface area contributed by atoms with Gasteiger partial charge in [0.25, 0.3) is 0 Å². The van der Waals surface area contributed by atoms with Crippen molar-refractivity contribution < 1.29 is 9.63 Å². The number of nitrogens with one attached hydrogen (secondary N) is 1. The third-order valence-electron chi connectivity index (χ3n) is 5.64. The van der Waals surface area contributed by atoms with Gasteiger partial charge in [0, 0.05) is 35.0 Å². The second-order valence-electron chi connectivity index (χ2n) is 7.83. The van der Waals surface area contributed by atoms with Crippen molar-refractivity contribution in [2.45, 2.75) is 45.1 Å². The number of H-pyrrole nitrogens is 1. The number of aromatic nitrogens is 4. The van der Waals surface area contributed by atoms with Gasteiger partial charge in [-0.25, -0.2) is 4.98 Å². The summed E-state index contributed by atoms with van der Waals surface area (Å²) in [5.74, 6) is 2.24. The third kappa shape index (κ3) is 2.64. The molecule has 0 amide bonds. The molecule has 0 aliphatic heterocycles. The van der Waals surface area contributed by atoms with Crippen LogP contribution in [0.2, 0.25) is 0 Å². The number of fused-ring (bicyclic) bond motifs is 1. The summed E-state index contributed by atoms with van der Waals surface area (Å²) in [5.41, 5.74) is 4.67. The van der Waals surface area contributed by atoms with Gasteiger partial charge in [0.15, 0.2) is 0 Å². The normalized spacial score (nSPS) is 16.4. The highest BCUT2D eigenvalue weighted by atomic mass is 16.5. The third-order valence-corrected chi connectivity index (χ3v) is 5.64. The van der Waals surface area contributed by atoms with E-state index in [0.29, 0.717) is 5.92 Å². The first-order chi connectivity index (χ1) is 13.4. The summed E-state index contributed by atoms with van der Waals surface area (Å²) in [6, 6.07) is 7.79. The molecule has 5 rings (SSSR count). The van der Waals surface area contributed by atoms with Crippen LogP contribution in [0, 0.1) is 13.8 Å². The number of aryl methyl sites for hydroxylation is 2. The van der Waals surface area contributed by atoms with Gasteiger partial charge in [-0.3, -0.25) is 4.98 Å². The van der Waals surface area contributed by atoms with Crippen LogP contribution in [0.5, 0.6) is 0 Å². The van der Waals surface area contributed by atoms with Crippen LogP contribution in [0.3, 0.4) is 0 Å². The highest BCUT2D eigenvalue weighted by Crippen LogP contribution is 2.42. The molecular weight excluding hydrogens is 352 g/mol. The zero-order valence-corrected chi connectivity index (χ0v) is 16.2. The summed E-state index contributed by atoms with van der Waals surface area (Å²) >= 11 is 0. The average Bonchev–Trinajstić information content (AvgIpc) is 3.37. The van der Waals surface area contributed by atoms with E-state index in [2.05, 4.69) is 21.2 Å². The van der Waals surface area contributed by atoms with Gasteiger partial charge in [-0.05, 0) is 57.4 Å². The Hall–Kier alpha value is -2.99. The molecule has 1 atom stereocenters. The first-order valence-corrected chi connectivity index (χ1v) is 9.55. The molecule has 6 nitrogen and oxygen atoms in total. The predicted molar refractivity (Wildman–Crippen MR) is 106 cm³/mol. The lowest BCUT2D eigenvalue weighted by molar-refractivity contribution is 0.103. The fourth-order valence-electron chi connectivity index (χ4n) is 3.90. The van der Waals surface area contributed by atoms with Crippen molar-refractivity contribution in [1.82, 2.24) is 20.1 Å². The van der Waals surface area contributed by atoms with Crippen molar-refractivity contribution in [2.24, 2.45) is 0 Å². The molecular formula is C22H22N4O2. The standard InChI is InChI=1S/C22H22N4O2/c1-12-19(13(2)28-26-12)15-9-17(22(3,27)16-5-4-8-23-11-16)20-18(10-15)24-21(25-20)14-6-7-14/h4-5,8-11,14,27H,6-7H2,1-3H3,(H,24,25). The molecule has 1 aliphatic carbocycles. The van der Waals surface area contributed by atoms with E-state index in [-0.39, 0.29) is 0 Å². The molecule has 1 unspecified atom stereocenters. The van der Waals surface area contributed by atoms with E-state index >= 15 is 0 Å². The lowest BCUT2D eigenvalue weighted by Gasteiger charge is -2.25. The van der Waals surface area contributed by atoms with Gasteiger partial charge in [0.2, 0.25) is 0 Å². The van der Waals surface area contributed by atoms with Crippen molar-refractivity contribution >= 4 is 11.0 Å². The van der Waals surface area contributed by atoms with Gasteiger partial charge in [-0.15, -0.1) is 0 Å². The summed E-state index contributed by atoms with van der Waals surface area (Å²) < 4.78 is 5.38. The van der Waals surface area contributed by atoms with E-state index in [0.717, 1.165) is 63.4 Å². The molecule has 0 bridgehead atoms. The van der Waals surface area contributed by atoms with Gasteiger partial charge >= 0.3 is 0 Å². The molecule has 0 spiro atoms. The Labute approximate surface area is 162 Å². The first kappa shape index (κ1) is 17.1. The molecule has 6 heteroatoms. The van der Waals surface area contributed by atoms with Gasteiger partial charge in [-0.2, -0.15) is 0 Å². The van der Waals surface area contributed by atoms with Crippen molar-refractivity contribution in [3.05, 3.63) is 65.1 Å². The summed E-state index contributed by atoms with van der Waals surface area (Å²) in [6.07, 6.45) is 5.72.